The molecular weight excluding hydrogens is 180 g/mol. The fourth-order valence-corrected chi connectivity index (χ4v) is 1.70. The zero-order valence-electron chi connectivity index (χ0n) is 8.66. The van der Waals surface area contributed by atoms with Crippen molar-refractivity contribution >= 4 is 0 Å². The molecule has 1 N–H and O–H groups in total. The molecule has 0 spiro atoms. The second-order valence-corrected chi connectivity index (χ2v) is 3.82. The fourth-order valence-electron chi connectivity index (χ4n) is 1.70. The highest BCUT2D eigenvalue weighted by atomic mass is 16.6. The van der Waals surface area contributed by atoms with Crippen molar-refractivity contribution in [1.29, 1.82) is 0 Å². The van der Waals surface area contributed by atoms with Crippen molar-refractivity contribution in [2.24, 2.45) is 0 Å². The maximum atomic E-state index is 4.68. The SMILES string of the molecule is Cc1nonc1CN1CCNCC1C. The number of piperazine rings is 1. The normalized spacial score (nSPS) is 24.0. The highest BCUT2D eigenvalue weighted by Crippen LogP contribution is 2.10. The topological polar surface area (TPSA) is 54.2 Å². The highest BCUT2D eigenvalue weighted by Gasteiger charge is 2.20. The molecular formula is C9H16N4O. The van der Waals surface area contributed by atoms with Gasteiger partial charge >= 0.3 is 0 Å². The van der Waals surface area contributed by atoms with Gasteiger partial charge in [-0.15, -0.1) is 0 Å². The summed E-state index contributed by atoms with van der Waals surface area (Å²) < 4.78 is 4.68. The average molecular weight is 196 g/mol. The molecule has 1 unspecified atom stereocenters. The second-order valence-electron chi connectivity index (χ2n) is 3.82. The van der Waals surface area contributed by atoms with Crippen LogP contribution < -0.4 is 5.32 Å². The lowest BCUT2D eigenvalue weighted by Gasteiger charge is -2.33. The molecule has 0 saturated carbocycles. The summed E-state index contributed by atoms with van der Waals surface area (Å²) in [6, 6.07) is 0.555. The molecule has 78 valence electrons. The molecule has 1 saturated heterocycles. The summed E-state index contributed by atoms with van der Waals surface area (Å²) >= 11 is 0. The summed E-state index contributed by atoms with van der Waals surface area (Å²) in [6.45, 7) is 8.15. The van der Waals surface area contributed by atoms with Crippen LogP contribution in [0.15, 0.2) is 4.63 Å². The van der Waals surface area contributed by atoms with E-state index in [1.807, 2.05) is 6.92 Å². The van der Waals surface area contributed by atoms with Crippen LogP contribution in [0.1, 0.15) is 18.3 Å². The number of aromatic nitrogens is 2. The predicted molar refractivity (Wildman–Crippen MR) is 51.8 cm³/mol. The summed E-state index contributed by atoms with van der Waals surface area (Å²) in [6.07, 6.45) is 0. The first kappa shape index (κ1) is 9.61. The molecule has 1 atom stereocenters. The molecule has 0 amide bonds. The summed E-state index contributed by atoms with van der Waals surface area (Å²) in [4.78, 5) is 2.39. The van der Waals surface area contributed by atoms with E-state index in [0.717, 1.165) is 37.6 Å². The van der Waals surface area contributed by atoms with Crippen molar-refractivity contribution in [3.05, 3.63) is 11.4 Å². The Kier molecular flexibility index (Phi) is 2.79. The molecule has 0 radical (unpaired) electrons. The van der Waals surface area contributed by atoms with Gasteiger partial charge in [0.05, 0.1) is 0 Å². The molecule has 0 bridgehead atoms. The van der Waals surface area contributed by atoms with E-state index in [1.54, 1.807) is 0 Å². The highest BCUT2D eigenvalue weighted by molar-refractivity contribution is 5.04. The summed E-state index contributed by atoms with van der Waals surface area (Å²) in [5.74, 6) is 0. The third-order valence-corrected chi connectivity index (χ3v) is 2.74. The van der Waals surface area contributed by atoms with Crippen LogP contribution in [0.3, 0.4) is 0 Å². The van der Waals surface area contributed by atoms with Crippen LogP contribution >= 0.6 is 0 Å². The largest absolute Gasteiger partial charge is 0.314 e. The van der Waals surface area contributed by atoms with Gasteiger partial charge in [0.25, 0.3) is 0 Å². The molecule has 1 aromatic heterocycles. The van der Waals surface area contributed by atoms with Crippen molar-refractivity contribution in [1.82, 2.24) is 20.5 Å². The van der Waals surface area contributed by atoms with E-state index < -0.39 is 0 Å². The second kappa shape index (κ2) is 4.06. The maximum Gasteiger partial charge on any atom is 0.122 e. The van der Waals surface area contributed by atoms with Crippen LogP contribution in [0.25, 0.3) is 0 Å². The maximum absolute atomic E-state index is 4.68. The van der Waals surface area contributed by atoms with E-state index in [0.29, 0.717) is 6.04 Å². The lowest BCUT2D eigenvalue weighted by Crippen LogP contribution is -2.49. The van der Waals surface area contributed by atoms with Crippen LogP contribution in [0.2, 0.25) is 0 Å². The Morgan fingerprint density at radius 1 is 1.57 bits per heavy atom. The van der Waals surface area contributed by atoms with Gasteiger partial charge in [-0.25, -0.2) is 4.63 Å². The van der Waals surface area contributed by atoms with Gasteiger partial charge in [0.15, 0.2) is 0 Å². The van der Waals surface area contributed by atoms with Crippen LogP contribution in [0, 0.1) is 6.92 Å². The Morgan fingerprint density at radius 2 is 2.43 bits per heavy atom. The van der Waals surface area contributed by atoms with E-state index in [1.165, 1.54) is 0 Å². The van der Waals surface area contributed by atoms with Crippen molar-refractivity contribution in [2.75, 3.05) is 19.6 Å². The van der Waals surface area contributed by atoms with Gasteiger partial charge in [-0.3, -0.25) is 4.90 Å². The van der Waals surface area contributed by atoms with Crippen LogP contribution in [-0.4, -0.2) is 40.9 Å². The quantitative estimate of drug-likeness (QED) is 0.731. The number of hydrogen-bond donors (Lipinski definition) is 1. The van der Waals surface area contributed by atoms with Gasteiger partial charge in [-0.2, -0.15) is 0 Å². The van der Waals surface area contributed by atoms with E-state index in [4.69, 9.17) is 0 Å². The number of nitrogens with zero attached hydrogens (tertiary/aromatic N) is 3. The molecule has 2 heterocycles. The number of aryl methyl sites for hydroxylation is 1. The minimum absolute atomic E-state index is 0.555. The predicted octanol–water partition coefficient (Wildman–Crippen LogP) is 0.172. The van der Waals surface area contributed by atoms with E-state index in [-0.39, 0.29) is 0 Å². The summed E-state index contributed by atoms with van der Waals surface area (Å²) in [5, 5.41) is 11.0. The first-order chi connectivity index (χ1) is 6.77. The fraction of sp³-hybridized carbons (Fsp3) is 0.778. The Hall–Kier alpha value is -0.940. The van der Waals surface area contributed by atoms with E-state index >= 15 is 0 Å². The lowest BCUT2D eigenvalue weighted by molar-refractivity contribution is 0.160. The first-order valence-electron chi connectivity index (χ1n) is 5.00. The van der Waals surface area contributed by atoms with Crippen LogP contribution in [0.5, 0.6) is 0 Å². The van der Waals surface area contributed by atoms with Gasteiger partial charge < -0.3 is 5.32 Å². The average Bonchev–Trinajstić information content (AvgIpc) is 2.56. The third-order valence-electron chi connectivity index (χ3n) is 2.74. The minimum atomic E-state index is 0.555. The number of nitrogens with one attached hydrogen (secondary N) is 1. The molecule has 5 heteroatoms. The molecule has 0 aliphatic carbocycles. The molecule has 5 nitrogen and oxygen atoms in total. The van der Waals surface area contributed by atoms with Gasteiger partial charge in [-0.05, 0) is 13.8 Å². The Labute approximate surface area is 83.4 Å². The molecule has 1 aromatic rings. The molecule has 1 aliphatic heterocycles. The monoisotopic (exact) mass is 196 g/mol. The van der Waals surface area contributed by atoms with Crippen molar-refractivity contribution in [2.45, 2.75) is 26.4 Å². The van der Waals surface area contributed by atoms with Crippen molar-refractivity contribution < 1.29 is 4.63 Å². The van der Waals surface area contributed by atoms with Crippen LogP contribution in [0.4, 0.5) is 0 Å². The van der Waals surface area contributed by atoms with Crippen molar-refractivity contribution in [3.63, 3.8) is 0 Å². The van der Waals surface area contributed by atoms with Crippen LogP contribution in [-0.2, 0) is 6.54 Å². The zero-order chi connectivity index (χ0) is 9.97. The number of hydrogen-bond acceptors (Lipinski definition) is 5. The Bertz CT molecular complexity index is 299. The van der Waals surface area contributed by atoms with Crippen molar-refractivity contribution in [3.8, 4) is 0 Å². The van der Waals surface area contributed by atoms with E-state index in [2.05, 4.69) is 32.1 Å². The smallest absolute Gasteiger partial charge is 0.122 e. The molecule has 1 fully saturated rings. The van der Waals surface area contributed by atoms with E-state index in [9.17, 15) is 0 Å². The molecule has 0 aromatic carbocycles. The summed E-state index contributed by atoms with van der Waals surface area (Å²) in [5.41, 5.74) is 1.86. The third kappa shape index (κ3) is 1.93. The summed E-state index contributed by atoms with van der Waals surface area (Å²) in [7, 11) is 0. The van der Waals surface area contributed by atoms with Gasteiger partial charge in [-0.1, -0.05) is 10.3 Å². The minimum Gasteiger partial charge on any atom is -0.314 e. The standard InChI is InChI=1S/C9H16N4O/c1-7-5-10-3-4-13(7)6-9-8(2)11-14-12-9/h7,10H,3-6H2,1-2H3. The molecule has 1 aliphatic rings. The van der Waals surface area contributed by atoms with Gasteiger partial charge in [0, 0.05) is 32.2 Å². The Morgan fingerprint density at radius 3 is 3.07 bits per heavy atom. The van der Waals surface area contributed by atoms with Gasteiger partial charge in [0.1, 0.15) is 11.4 Å². The Balaban J connectivity index is 1.99. The number of rotatable bonds is 2. The lowest BCUT2D eigenvalue weighted by atomic mass is 10.2. The van der Waals surface area contributed by atoms with Gasteiger partial charge in [0.2, 0.25) is 0 Å². The molecule has 2 rings (SSSR count). The first-order valence-corrected chi connectivity index (χ1v) is 5.00. The molecule has 14 heavy (non-hydrogen) atoms. The zero-order valence-corrected chi connectivity index (χ0v) is 8.66.